The van der Waals surface area contributed by atoms with E-state index in [1.54, 1.807) is 0 Å². The first-order valence-electron chi connectivity index (χ1n) is 10.3. The molecule has 1 N–H and O–H groups in total. The number of carbonyl (C=O) groups is 1. The highest BCUT2D eigenvalue weighted by atomic mass is 16.5. The molecule has 6 heteroatoms. The van der Waals surface area contributed by atoms with Crippen molar-refractivity contribution in [3.63, 3.8) is 0 Å². The van der Waals surface area contributed by atoms with Crippen molar-refractivity contribution >= 4 is 5.91 Å². The van der Waals surface area contributed by atoms with E-state index in [0.717, 1.165) is 50.9 Å². The predicted molar refractivity (Wildman–Crippen MR) is 108 cm³/mol. The normalized spacial score (nSPS) is 21.8. The quantitative estimate of drug-likeness (QED) is 0.833. The van der Waals surface area contributed by atoms with E-state index in [-0.39, 0.29) is 17.6 Å². The van der Waals surface area contributed by atoms with Crippen LogP contribution in [0, 0.1) is 0 Å². The van der Waals surface area contributed by atoms with Gasteiger partial charge in [0.1, 0.15) is 0 Å². The number of aryl methyl sites for hydroxylation is 1. The van der Waals surface area contributed by atoms with Gasteiger partial charge in [0.25, 0.3) is 0 Å². The maximum Gasteiger partial charge on any atom is 0.224 e. The molecule has 1 spiro atoms. The third-order valence-electron chi connectivity index (χ3n) is 6.02. The van der Waals surface area contributed by atoms with Gasteiger partial charge < -0.3 is 14.6 Å². The third kappa shape index (κ3) is 4.80. The van der Waals surface area contributed by atoms with Gasteiger partial charge in [-0.2, -0.15) is 0 Å². The number of hydrogen-bond acceptors (Lipinski definition) is 4. The van der Waals surface area contributed by atoms with E-state index in [0.29, 0.717) is 13.0 Å². The molecule has 2 saturated heterocycles. The Bertz CT molecular complexity index is 781. The molecule has 0 bridgehead atoms. The summed E-state index contributed by atoms with van der Waals surface area (Å²) < 4.78 is 8.40. The lowest BCUT2D eigenvalue weighted by Crippen LogP contribution is -2.45. The zero-order chi connectivity index (χ0) is 19.4. The van der Waals surface area contributed by atoms with Gasteiger partial charge in [-0.25, -0.2) is 0 Å². The molecule has 150 valence electrons. The molecule has 0 saturated carbocycles. The standard InChI is InChI=1S/C22H30N4O2/c1-25-10-5-18(16-25)13-21(27)24-15-20-4-6-22(28-20)7-11-26(12-8-22)17-19-3-2-9-23-14-19/h2-3,5,9-10,14,16,20H,4,6-8,11-13,15,17H2,1H3,(H,24,27). The monoisotopic (exact) mass is 382 g/mol. The molecule has 2 aromatic heterocycles. The largest absolute Gasteiger partial charge is 0.370 e. The smallest absolute Gasteiger partial charge is 0.224 e. The van der Waals surface area contributed by atoms with Crippen LogP contribution < -0.4 is 5.32 Å². The molecule has 2 aromatic rings. The second-order valence-electron chi connectivity index (χ2n) is 8.27. The highest BCUT2D eigenvalue weighted by Gasteiger charge is 2.42. The van der Waals surface area contributed by atoms with E-state index in [9.17, 15) is 4.79 Å². The third-order valence-corrected chi connectivity index (χ3v) is 6.02. The summed E-state index contributed by atoms with van der Waals surface area (Å²) in [4.78, 5) is 18.9. The van der Waals surface area contributed by atoms with Crippen molar-refractivity contribution in [3.05, 3.63) is 54.1 Å². The summed E-state index contributed by atoms with van der Waals surface area (Å²) in [5.74, 6) is 0.0713. The maximum absolute atomic E-state index is 12.2. The van der Waals surface area contributed by atoms with Crippen LogP contribution in [0.15, 0.2) is 43.0 Å². The lowest BCUT2D eigenvalue weighted by Gasteiger charge is -2.39. The summed E-state index contributed by atoms with van der Waals surface area (Å²) in [6.45, 7) is 3.69. The van der Waals surface area contributed by atoms with Crippen LogP contribution in [-0.4, -0.2) is 51.7 Å². The van der Waals surface area contributed by atoms with Crippen molar-refractivity contribution < 1.29 is 9.53 Å². The molecule has 1 unspecified atom stereocenters. The van der Waals surface area contributed by atoms with E-state index < -0.39 is 0 Å². The van der Waals surface area contributed by atoms with Crippen molar-refractivity contribution in [1.82, 2.24) is 19.8 Å². The number of rotatable bonds is 6. The predicted octanol–water partition coefficient (Wildman–Crippen LogP) is 2.29. The van der Waals surface area contributed by atoms with Gasteiger partial charge in [-0.1, -0.05) is 6.07 Å². The first-order chi connectivity index (χ1) is 13.6. The molecule has 1 atom stereocenters. The summed E-state index contributed by atoms with van der Waals surface area (Å²) in [6.07, 6.45) is 12.6. The molecule has 4 heterocycles. The summed E-state index contributed by atoms with van der Waals surface area (Å²) in [6, 6.07) is 6.12. The Morgan fingerprint density at radius 1 is 1.29 bits per heavy atom. The summed E-state index contributed by atoms with van der Waals surface area (Å²) in [7, 11) is 1.97. The number of ether oxygens (including phenoxy) is 1. The average molecular weight is 383 g/mol. The molecule has 1 amide bonds. The topological polar surface area (TPSA) is 59.4 Å². The second-order valence-corrected chi connectivity index (χ2v) is 8.27. The first-order valence-corrected chi connectivity index (χ1v) is 10.3. The molecule has 2 aliphatic heterocycles. The van der Waals surface area contributed by atoms with Crippen molar-refractivity contribution in [2.75, 3.05) is 19.6 Å². The Hall–Kier alpha value is -2.18. The Balaban J connectivity index is 1.19. The SMILES string of the molecule is Cn1ccc(CC(=O)NCC2CCC3(CCN(Cc4cccnc4)CC3)O2)c1. The molecule has 2 aliphatic rings. The number of likely N-dealkylation sites (tertiary alicyclic amines) is 1. The van der Waals surface area contributed by atoms with E-state index in [2.05, 4.69) is 21.3 Å². The van der Waals surface area contributed by atoms with Crippen LogP contribution in [0.3, 0.4) is 0 Å². The molecule has 0 aromatic carbocycles. The van der Waals surface area contributed by atoms with Crippen LogP contribution in [-0.2, 0) is 29.5 Å². The fourth-order valence-electron chi connectivity index (χ4n) is 4.42. The van der Waals surface area contributed by atoms with Gasteiger partial charge in [-0.05, 0) is 48.9 Å². The van der Waals surface area contributed by atoms with Crippen LogP contribution in [0.4, 0.5) is 0 Å². The first kappa shape index (κ1) is 19.2. The summed E-state index contributed by atoms with van der Waals surface area (Å²) >= 11 is 0. The van der Waals surface area contributed by atoms with Crippen molar-refractivity contribution in [2.45, 2.75) is 50.4 Å². The lowest BCUT2D eigenvalue weighted by molar-refractivity contribution is -0.122. The van der Waals surface area contributed by atoms with Crippen LogP contribution in [0.25, 0.3) is 0 Å². The number of carbonyl (C=O) groups excluding carboxylic acids is 1. The van der Waals surface area contributed by atoms with Gasteiger partial charge in [0.15, 0.2) is 0 Å². The number of amides is 1. The zero-order valence-electron chi connectivity index (χ0n) is 16.6. The average Bonchev–Trinajstić information content (AvgIpc) is 3.29. The molecule has 2 fully saturated rings. The fraction of sp³-hybridized carbons (Fsp3) is 0.545. The Morgan fingerprint density at radius 2 is 2.14 bits per heavy atom. The van der Waals surface area contributed by atoms with Gasteiger partial charge in [-0.3, -0.25) is 14.7 Å². The van der Waals surface area contributed by atoms with E-state index >= 15 is 0 Å². The Morgan fingerprint density at radius 3 is 2.86 bits per heavy atom. The molecule has 28 heavy (non-hydrogen) atoms. The molecular weight excluding hydrogens is 352 g/mol. The molecule has 6 nitrogen and oxygen atoms in total. The highest BCUT2D eigenvalue weighted by molar-refractivity contribution is 5.78. The second kappa shape index (κ2) is 8.45. The minimum Gasteiger partial charge on any atom is -0.370 e. The number of nitrogens with zero attached hydrogens (tertiary/aromatic N) is 3. The van der Waals surface area contributed by atoms with E-state index in [1.807, 2.05) is 48.5 Å². The van der Waals surface area contributed by atoms with Crippen LogP contribution >= 0.6 is 0 Å². The van der Waals surface area contributed by atoms with E-state index in [1.165, 1.54) is 5.56 Å². The van der Waals surface area contributed by atoms with E-state index in [4.69, 9.17) is 4.74 Å². The summed E-state index contributed by atoms with van der Waals surface area (Å²) in [5, 5.41) is 3.06. The van der Waals surface area contributed by atoms with Crippen molar-refractivity contribution in [2.24, 2.45) is 7.05 Å². The minimum absolute atomic E-state index is 0.0141. The van der Waals surface area contributed by atoms with Crippen LogP contribution in [0.2, 0.25) is 0 Å². The fourth-order valence-corrected chi connectivity index (χ4v) is 4.42. The number of hydrogen-bond donors (Lipinski definition) is 1. The van der Waals surface area contributed by atoms with Gasteiger partial charge in [0, 0.05) is 58.0 Å². The van der Waals surface area contributed by atoms with Crippen LogP contribution in [0.1, 0.15) is 36.8 Å². The van der Waals surface area contributed by atoms with Gasteiger partial charge in [0.2, 0.25) is 5.91 Å². The number of piperidine rings is 1. The molecular formula is C22H30N4O2. The van der Waals surface area contributed by atoms with Crippen molar-refractivity contribution in [3.8, 4) is 0 Å². The minimum atomic E-state index is 0.0141. The molecule has 4 rings (SSSR count). The van der Waals surface area contributed by atoms with Crippen LogP contribution in [0.5, 0.6) is 0 Å². The highest BCUT2D eigenvalue weighted by Crippen LogP contribution is 2.38. The molecule has 0 radical (unpaired) electrons. The number of pyridine rings is 1. The molecule has 0 aliphatic carbocycles. The van der Waals surface area contributed by atoms with Gasteiger partial charge in [0.05, 0.1) is 18.1 Å². The van der Waals surface area contributed by atoms with Gasteiger partial charge in [-0.15, -0.1) is 0 Å². The lowest BCUT2D eigenvalue weighted by atomic mass is 9.88. The number of aromatic nitrogens is 2. The maximum atomic E-state index is 12.2. The zero-order valence-corrected chi connectivity index (χ0v) is 16.6. The Labute approximate surface area is 166 Å². The van der Waals surface area contributed by atoms with Crippen molar-refractivity contribution in [1.29, 1.82) is 0 Å². The van der Waals surface area contributed by atoms with Gasteiger partial charge >= 0.3 is 0 Å². The Kier molecular flexibility index (Phi) is 5.78. The summed E-state index contributed by atoms with van der Waals surface area (Å²) in [5.41, 5.74) is 2.33. The number of nitrogens with one attached hydrogen (secondary N) is 1.